The average molecular weight is 296 g/mol. The van der Waals surface area contributed by atoms with Gasteiger partial charge in [-0.3, -0.25) is 4.79 Å². The molecule has 0 spiro atoms. The quantitative estimate of drug-likeness (QED) is 0.937. The van der Waals surface area contributed by atoms with Gasteiger partial charge in [0.15, 0.2) is 0 Å². The maximum absolute atomic E-state index is 12.2. The van der Waals surface area contributed by atoms with E-state index in [2.05, 4.69) is 15.3 Å². The zero-order valence-corrected chi connectivity index (χ0v) is 12.7. The molecule has 1 aromatic carbocycles. The van der Waals surface area contributed by atoms with Crippen molar-refractivity contribution in [3.8, 4) is 12.1 Å². The molecule has 0 aliphatic rings. The Hall–Kier alpha value is -2.94. The number of carbonyl (C=O) groups is 1. The van der Waals surface area contributed by atoms with E-state index >= 15 is 0 Å². The molecule has 0 fully saturated rings. The highest BCUT2D eigenvalue weighted by Gasteiger charge is 2.13. The molecule has 0 aliphatic heterocycles. The lowest BCUT2D eigenvalue weighted by molar-refractivity contribution is 0.102. The smallest absolute Gasteiger partial charge is 0.316 e. The first-order chi connectivity index (χ1) is 10.5. The molecule has 2 rings (SSSR count). The summed E-state index contributed by atoms with van der Waals surface area (Å²) in [5.74, 6) is -0.275. The molecule has 0 atom stereocenters. The van der Waals surface area contributed by atoms with Gasteiger partial charge in [0.1, 0.15) is 0 Å². The minimum absolute atomic E-state index is 0.275. The van der Waals surface area contributed by atoms with Crippen molar-refractivity contribution in [1.29, 1.82) is 5.26 Å². The maximum atomic E-state index is 12.2. The third-order valence-electron chi connectivity index (χ3n) is 3.04. The van der Waals surface area contributed by atoms with E-state index in [0.29, 0.717) is 40.8 Å². The molecule has 1 aromatic heterocycles. The Morgan fingerprint density at radius 2 is 1.82 bits per heavy atom. The van der Waals surface area contributed by atoms with Gasteiger partial charge in [-0.25, -0.2) is 0 Å². The van der Waals surface area contributed by atoms with Crippen molar-refractivity contribution in [3.05, 3.63) is 46.8 Å². The minimum Gasteiger partial charge on any atom is -0.464 e. The van der Waals surface area contributed by atoms with Crippen LogP contribution in [-0.4, -0.2) is 22.5 Å². The summed E-state index contributed by atoms with van der Waals surface area (Å²) in [6.07, 6.45) is 0. The molecule has 22 heavy (non-hydrogen) atoms. The zero-order valence-electron chi connectivity index (χ0n) is 12.7. The monoisotopic (exact) mass is 296 g/mol. The summed E-state index contributed by atoms with van der Waals surface area (Å²) in [6.45, 7) is 5.90. The number of nitriles is 1. The summed E-state index contributed by atoms with van der Waals surface area (Å²) in [4.78, 5) is 20.7. The number of carbonyl (C=O) groups excluding carboxylic acids is 1. The SMILES string of the molecule is CCOc1nc(C)c(NC(=O)c2ccc(C#N)cc2)c(C)n1. The summed E-state index contributed by atoms with van der Waals surface area (Å²) in [5, 5.41) is 11.6. The van der Waals surface area contributed by atoms with Crippen LogP contribution in [0.25, 0.3) is 0 Å². The van der Waals surface area contributed by atoms with Gasteiger partial charge in [-0.1, -0.05) is 0 Å². The Morgan fingerprint density at radius 3 is 2.32 bits per heavy atom. The Labute approximate surface area is 128 Å². The Kier molecular flexibility index (Phi) is 4.69. The van der Waals surface area contributed by atoms with Gasteiger partial charge in [0.2, 0.25) is 0 Å². The van der Waals surface area contributed by atoms with Crippen LogP contribution in [0.3, 0.4) is 0 Å². The van der Waals surface area contributed by atoms with Gasteiger partial charge in [-0.05, 0) is 45.0 Å². The number of ether oxygens (including phenoxy) is 1. The molecule has 0 radical (unpaired) electrons. The Bertz CT molecular complexity index is 710. The predicted octanol–water partition coefficient (Wildman–Crippen LogP) is 2.62. The molecule has 0 aliphatic carbocycles. The van der Waals surface area contributed by atoms with Crippen LogP contribution in [0.5, 0.6) is 6.01 Å². The van der Waals surface area contributed by atoms with E-state index in [9.17, 15) is 4.79 Å². The van der Waals surface area contributed by atoms with E-state index in [1.165, 1.54) is 0 Å². The second kappa shape index (κ2) is 6.68. The van der Waals surface area contributed by atoms with Crippen LogP contribution in [0.2, 0.25) is 0 Å². The van der Waals surface area contributed by atoms with Gasteiger partial charge in [0.25, 0.3) is 5.91 Å². The minimum atomic E-state index is -0.275. The number of aromatic nitrogens is 2. The number of amides is 1. The molecule has 1 heterocycles. The molecule has 0 saturated heterocycles. The van der Waals surface area contributed by atoms with Crippen LogP contribution in [0, 0.1) is 25.2 Å². The summed E-state index contributed by atoms with van der Waals surface area (Å²) < 4.78 is 5.27. The fraction of sp³-hybridized carbons (Fsp3) is 0.250. The standard InChI is InChI=1S/C16H16N4O2/c1-4-22-16-18-10(2)14(11(3)19-16)20-15(21)13-7-5-12(9-17)6-8-13/h5-8H,4H2,1-3H3,(H,20,21). The first-order valence-corrected chi connectivity index (χ1v) is 6.84. The highest BCUT2D eigenvalue weighted by atomic mass is 16.5. The highest BCUT2D eigenvalue weighted by molar-refractivity contribution is 6.04. The van der Waals surface area contributed by atoms with Gasteiger partial charge in [0.05, 0.1) is 35.3 Å². The number of hydrogen-bond acceptors (Lipinski definition) is 5. The molecule has 1 amide bonds. The lowest BCUT2D eigenvalue weighted by atomic mass is 10.1. The van der Waals surface area contributed by atoms with Crippen molar-refractivity contribution in [2.24, 2.45) is 0 Å². The zero-order chi connectivity index (χ0) is 16.1. The molecule has 0 unspecified atom stereocenters. The topological polar surface area (TPSA) is 87.9 Å². The van der Waals surface area contributed by atoms with Gasteiger partial charge < -0.3 is 10.1 Å². The maximum Gasteiger partial charge on any atom is 0.316 e. The van der Waals surface area contributed by atoms with E-state index in [-0.39, 0.29) is 5.91 Å². The number of anilines is 1. The molecule has 1 N–H and O–H groups in total. The summed E-state index contributed by atoms with van der Waals surface area (Å²) >= 11 is 0. The Balaban J connectivity index is 2.22. The molecule has 0 bridgehead atoms. The van der Waals surface area contributed by atoms with Crippen LogP contribution in [0.1, 0.15) is 34.2 Å². The van der Waals surface area contributed by atoms with Gasteiger partial charge in [-0.15, -0.1) is 0 Å². The first kappa shape index (κ1) is 15.4. The van der Waals surface area contributed by atoms with Crippen molar-refractivity contribution in [2.45, 2.75) is 20.8 Å². The van der Waals surface area contributed by atoms with Crippen molar-refractivity contribution in [1.82, 2.24) is 9.97 Å². The molecule has 112 valence electrons. The van der Waals surface area contributed by atoms with Gasteiger partial charge in [-0.2, -0.15) is 15.2 Å². The van der Waals surface area contributed by atoms with Crippen molar-refractivity contribution >= 4 is 11.6 Å². The first-order valence-electron chi connectivity index (χ1n) is 6.84. The van der Waals surface area contributed by atoms with Crippen molar-refractivity contribution in [3.63, 3.8) is 0 Å². The molecular formula is C16H16N4O2. The Morgan fingerprint density at radius 1 is 1.23 bits per heavy atom. The number of nitrogens with one attached hydrogen (secondary N) is 1. The van der Waals surface area contributed by atoms with Crippen LogP contribution in [0.15, 0.2) is 24.3 Å². The van der Waals surface area contributed by atoms with E-state index in [1.54, 1.807) is 38.1 Å². The summed E-state index contributed by atoms with van der Waals surface area (Å²) in [5.41, 5.74) is 2.81. The lowest BCUT2D eigenvalue weighted by Crippen LogP contribution is -2.15. The third-order valence-corrected chi connectivity index (χ3v) is 3.04. The number of hydrogen-bond donors (Lipinski definition) is 1. The van der Waals surface area contributed by atoms with E-state index in [4.69, 9.17) is 10.00 Å². The largest absolute Gasteiger partial charge is 0.464 e. The fourth-order valence-electron chi connectivity index (χ4n) is 1.94. The van der Waals surface area contributed by atoms with Gasteiger partial charge in [0, 0.05) is 5.56 Å². The van der Waals surface area contributed by atoms with E-state index in [1.807, 2.05) is 13.0 Å². The predicted molar refractivity (Wildman–Crippen MR) is 81.8 cm³/mol. The number of aryl methyl sites for hydroxylation is 2. The van der Waals surface area contributed by atoms with E-state index < -0.39 is 0 Å². The van der Waals surface area contributed by atoms with Crippen molar-refractivity contribution in [2.75, 3.05) is 11.9 Å². The highest BCUT2D eigenvalue weighted by Crippen LogP contribution is 2.20. The third kappa shape index (κ3) is 3.38. The van der Waals surface area contributed by atoms with Crippen LogP contribution in [0.4, 0.5) is 5.69 Å². The number of nitrogens with zero attached hydrogens (tertiary/aromatic N) is 3. The molecule has 6 nitrogen and oxygen atoms in total. The summed E-state index contributed by atoms with van der Waals surface area (Å²) in [6, 6.07) is 8.72. The molecule has 0 saturated carbocycles. The molecule has 2 aromatic rings. The van der Waals surface area contributed by atoms with Crippen LogP contribution >= 0.6 is 0 Å². The number of benzene rings is 1. The van der Waals surface area contributed by atoms with Crippen LogP contribution < -0.4 is 10.1 Å². The van der Waals surface area contributed by atoms with Gasteiger partial charge >= 0.3 is 6.01 Å². The lowest BCUT2D eigenvalue weighted by Gasteiger charge is -2.12. The molecular weight excluding hydrogens is 280 g/mol. The van der Waals surface area contributed by atoms with Crippen LogP contribution in [-0.2, 0) is 0 Å². The molecule has 6 heteroatoms. The second-order valence-corrected chi connectivity index (χ2v) is 4.63. The normalized spacial score (nSPS) is 9.91. The summed E-state index contributed by atoms with van der Waals surface area (Å²) in [7, 11) is 0. The average Bonchev–Trinajstić information content (AvgIpc) is 2.51. The second-order valence-electron chi connectivity index (χ2n) is 4.63. The number of rotatable bonds is 4. The fourth-order valence-corrected chi connectivity index (χ4v) is 1.94. The van der Waals surface area contributed by atoms with Crippen molar-refractivity contribution < 1.29 is 9.53 Å². The van der Waals surface area contributed by atoms with E-state index in [0.717, 1.165) is 0 Å².